The molecular formula is C19H24N2O3. The molecule has 0 unspecified atom stereocenters. The van der Waals surface area contributed by atoms with Crippen LogP contribution in [-0.4, -0.2) is 35.6 Å². The Labute approximate surface area is 142 Å². The van der Waals surface area contributed by atoms with Gasteiger partial charge in [-0.05, 0) is 44.7 Å². The molecule has 0 aromatic heterocycles. The zero-order valence-electron chi connectivity index (χ0n) is 14.1. The highest BCUT2D eigenvalue weighted by Gasteiger charge is 2.33. The van der Waals surface area contributed by atoms with E-state index in [1.807, 2.05) is 4.90 Å². The number of nitrogens with one attached hydrogen (secondary N) is 1. The predicted molar refractivity (Wildman–Crippen MR) is 91.7 cm³/mol. The highest BCUT2D eigenvalue weighted by Crippen LogP contribution is 2.30. The first-order valence-electron chi connectivity index (χ1n) is 8.75. The van der Waals surface area contributed by atoms with Crippen molar-refractivity contribution in [1.29, 1.82) is 0 Å². The van der Waals surface area contributed by atoms with Crippen LogP contribution >= 0.6 is 0 Å². The molecule has 2 amide bonds. The number of anilines is 1. The number of Topliss-reactive ketones (excluding diaryl/α,β-unsaturated/α-hetero) is 1. The van der Waals surface area contributed by atoms with Crippen LogP contribution < -0.4 is 5.32 Å². The highest BCUT2D eigenvalue weighted by molar-refractivity contribution is 5.97. The Morgan fingerprint density at radius 1 is 1.04 bits per heavy atom. The minimum atomic E-state index is -0.0728. The van der Waals surface area contributed by atoms with Crippen molar-refractivity contribution in [2.45, 2.75) is 39.0 Å². The van der Waals surface area contributed by atoms with Crippen molar-refractivity contribution in [1.82, 2.24) is 4.90 Å². The van der Waals surface area contributed by atoms with E-state index >= 15 is 0 Å². The van der Waals surface area contributed by atoms with Gasteiger partial charge in [0, 0.05) is 36.2 Å². The Morgan fingerprint density at radius 3 is 2.33 bits per heavy atom. The monoisotopic (exact) mass is 328 g/mol. The second-order valence-electron chi connectivity index (χ2n) is 6.85. The van der Waals surface area contributed by atoms with Gasteiger partial charge < -0.3 is 10.2 Å². The SMILES string of the molecule is CC(=O)c1cccc(NC(=O)C2CCN(C(=O)C3CCC3)CC2)c1. The molecule has 0 radical (unpaired) electrons. The van der Waals surface area contributed by atoms with E-state index in [2.05, 4.69) is 5.32 Å². The minimum Gasteiger partial charge on any atom is -0.342 e. The minimum absolute atomic E-state index is 0.0195. The van der Waals surface area contributed by atoms with E-state index in [0.29, 0.717) is 37.2 Å². The molecule has 2 aliphatic rings. The average molecular weight is 328 g/mol. The second kappa shape index (κ2) is 7.16. The molecule has 2 fully saturated rings. The molecule has 0 spiro atoms. The first-order chi connectivity index (χ1) is 11.5. The summed E-state index contributed by atoms with van der Waals surface area (Å²) in [6.45, 7) is 2.84. The molecule has 1 heterocycles. The van der Waals surface area contributed by atoms with Crippen molar-refractivity contribution in [3.63, 3.8) is 0 Å². The molecule has 0 bridgehead atoms. The number of carbonyl (C=O) groups excluding carboxylic acids is 3. The molecule has 3 rings (SSSR count). The molecule has 1 aliphatic heterocycles. The second-order valence-corrected chi connectivity index (χ2v) is 6.85. The summed E-state index contributed by atoms with van der Waals surface area (Å²) < 4.78 is 0. The van der Waals surface area contributed by atoms with Crippen molar-refractivity contribution in [2.24, 2.45) is 11.8 Å². The predicted octanol–water partition coefficient (Wildman–Crippen LogP) is 2.87. The normalized spacial score (nSPS) is 18.8. The number of amides is 2. The van der Waals surface area contributed by atoms with E-state index < -0.39 is 0 Å². The summed E-state index contributed by atoms with van der Waals surface area (Å²) in [5, 5.41) is 2.90. The van der Waals surface area contributed by atoms with Gasteiger partial charge in [0.2, 0.25) is 11.8 Å². The highest BCUT2D eigenvalue weighted by atomic mass is 16.2. The molecular weight excluding hydrogens is 304 g/mol. The summed E-state index contributed by atoms with van der Waals surface area (Å²) >= 11 is 0. The summed E-state index contributed by atoms with van der Waals surface area (Å²) in [5.74, 6) is 0.385. The van der Waals surface area contributed by atoms with E-state index in [1.54, 1.807) is 24.3 Å². The zero-order chi connectivity index (χ0) is 17.1. The van der Waals surface area contributed by atoms with Crippen LogP contribution in [-0.2, 0) is 9.59 Å². The molecule has 128 valence electrons. The summed E-state index contributed by atoms with van der Waals surface area (Å²) in [6, 6.07) is 7.00. The van der Waals surface area contributed by atoms with Crippen LogP contribution in [0, 0.1) is 11.8 Å². The van der Waals surface area contributed by atoms with Gasteiger partial charge in [-0.3, -0.25) is 14.4 Å². The number of carbonyl (C=O) groups is 3. The molecule has 1 aliphatic carbocycles. The van der Waals surface area contributed by atoms with Crippen molar-refractivity contribution in [3.8, 4) is 0 Å². The molecule has 5 nitrogen and oxygen atoms in total. The Hall–Kier alpha value is -2.17. The summed E-state index contributed by atoms with van der Waals surface area (Å²) in [4.78, 5) is 38.0. The number of likely N-dealkylation sites (tertiary alicyclic amines) is 1. The Balaban J connectivity index is 1.52. The molecule has 1 saturated heterocycles. The lowest BCUT2D eigenvalue weighted by molar-refractivity contribution is -0.140. The van der Waals surface area contributed by atoms with Crippen LogP contribution in [0.25, 0.3) is 0 Å². The fourth-order valence-electron chi connectivity index (χ4n) is 3.34. The van der Waals surface area contributed by atoms with Gasteiger partial charge in [-0.2, -0.15) is 0 Å². The third-order valence-corrected chi connectivity index (χ3v) is 5.17. The third-order valence-electron chi connectivity index (χ3n) is 5.17. The van der Waals surface area contributed by atoms with E-state index in [0.717, 1.165) is 19.3 Å². The average Bonchev–Trinajstić information content (AvgIpc) is 2.53. The van der Waals surface area contributed by atoms with Crippen LogP contribution in [0.3, 0.4) is 0 Å². The van der Waals surface area contributed by atoms with Gasteiger partial charge in [-0.1, -0.05) is 18.6 Å². The van der Waals surface area contributed by atoms with Gasteiger partial charge in [0.05, 0.1) is 0 Å². The summed E-state index contributed by atoms with van der Waals surface area (Å²) in [5.41, 5.74) is 1.24. The third kappa shape index (κ3) is 3.66. The van der Waals surface area contributed by atoms with Crippen LogP contribution in [0.4, 0.5) is 5.69 Å². The van der Waals surface area contributed by atoms with Gasteiger partial charge in [0.1, 0.15) is 0 Å². The fourth-order valence-corrected chi connectivity index (χ4v) is 3.34. The van der Waals surface area contributed by atoms with Crippen molar-refractivity contribution >= 4 is 23.3 Å². The Bertz CT molecular complexity index is 644. The van der Waals surface area contributed by atoms with Gasteiger partial charge in [-0.15, -0.1) is 0 Å². The largest absolute Gasteiger partial charge is 0.342 e. The maximum Gasteiger partial charge on any atom is 0.227 e. The van der Waals surface area contributed by atoms with Gasteiger partial charge >= 0.3 is 0 Å². The quantitative estimate of drug-likeness (QED) is 0.864. The van der Waals surface area contributed by atoms with Crippen molar-refractivity contribution in [3.05, 3.63) is 29.8 Å². The number of rotatable bonds is 4. The number of piperidine rings is 1. The molecule has 1 aromatic carbocycles. The standard InChI is InChI=1S/C19H24N2O3/c1-13(22)16-6-3-7-17(12-16)20-18(23)14-8-10-21(11-9-14)19(24)15-4-2-5-15/h3,6-7,12,14-15H,2,4-5,8-11H2,1H3,(H,20,23). The molecule has 1 N–H and O–H groups in total. The van der Waals surface area contributed by atoms with E-state index in [9.17, 15) is 14.4 Å². The fraction of sp³-hybridized carbons (Fsp3) is 0.526. The number of hydrogen-bond acceptors (Lipinski definition) is 3. The first-order valence-corrected chi connectivity index (χ1v) is 8.75. The molecule has 1 saturated carbocycles. The Morgan fingerprint density at radius 2 is 1.75 bits per heavy atom. The van der Waals surface area contributed by atoms with Crippen molar-refractivity contribution < 1.29 is 14.4 Å². The van der Waals surface area contributed by atoms with Crippen LogP contribution in [0.1, 0.15) is 49.4 Å². The van der Waals surface area contributed by atoms with Gasteiger partial charge in [0.15, 0.2) is 5.78 Å². The number of nitrogens with zero attached hydrogens (tertiary/aromatic N) is 1. The number of hydrogen-bond donors (Lipinski definition) is 1. The van der Waals surface area contributed by atoms with Crippen LogP contribution in [0.5, 0.6) is 0 Å². The Kier molecular flexibility index (Phi) is 4.97. The zero-order valence-corrected chi connectivity index (χ0v) is 14.1. The lowest BCUT2D eigenvalue weighted by Gasteiger charge is -2.36. The summed E-state index contributed by atoms with van der Waals surface area (Å²) in [7, 11) is 0. The maximum absolute atomic E-state index is 12.4. The first kappa shape index (κ1) is 16.7. The molecule has 0 atom stereocenters. The van der Waals surface area contributed by atoms with Crippen molar-refractivity contribution in [2.75, 3.05) is 18.4 Å². The smallest absolute Gasteiger partial charge is 0.227 e. The number of ketones is 1. The van der Waals surface area contributed by atoms with Gasteiger partial charge in [-0.25, -0.2) is 0 Å². The topological polar surface area (TPSA) is 66.5 Å². The molecule has 5 heteroatoms. The lowest BCUT2D eigenvalue weighted by Crippen LogP contribution is -2.45. The van der Waals surface area contributed by atoms with Crippen LogP contribution in [0.15, 0.2) is 24.3 Å². The van der Waals surface area contributed by atoms with E-state index in [-0.39, 0.29) is 29.4 Å². The maximum atomic E-state index is 12.4. The number of benzene rings is 1. The summed E-state index contributed by atoms with van der Waals surface area (Å²) in [6.07, 6.45) is 4.61. The van der Waals surface area contributed by atoms with E-state index in [4.69, 9.17) is 0 Å². The molecule has 24 heavy (non-hydrogen) atoms. The van der Waals surface area contributed by atoms with E-state index in [1.165, 1.54) is 6.92 Å². The van der Waals surface area contributed by atoms with Gasteiger partial charge in [0.25, 0.3) is 0 Å². The van der Waals surface area contributed by atoms with Crippen LogP contribution in [0.2, 0.25) is 0 Å². The molecule has 1 aromatic rings. The lowest BCUT2D eigenvalue weighted by atomic mass is 9.83.